The zero-order valence-electron chi connectivity index (χ0n) is 19.1. The maximum Gasteiger partial charge on any atom is 0.282 e. The van der Waals surface area contributed by atoms with Gasteiger partial charge in [0.25, 0.3) is 5.56 Å². The largest absolute Gasteiger partial charge is 0.496 e. The normalized spacial score (nSPS) is 11.4. The smallest absolute Gasteiger partial charge is 0.282 e. The van der Waals surface area contributed by atoms with Gasteiger partial charge in [0.2, 0.25) is 5.82 Å². The summed E-state index contributed by atoms with van der Waals surface area (Å²) in [5.74, 6) is 1.78. The van der Waals surface area contributed by atoms with Crippen molar-refractivity contribution in [3.8, 4) is 23.1 Å². The predicted octanol–water partition coefficient (Wildman–Crippen LogP) is 6.68. The summed E-state index contributed by atoms with van der Waals surface area (Å²) in [6.45, 7) is 3.96. The van der Waals surface area contributed by atoms with Crippen molar-refractivity contribution in [2.24, 2.45) is 5.10 Å². The lowest BCUT2D eigenvalue weighted by molar-refractivity contribution is 0.361. The van der Waals surface area contributed by atoms with E-state index in [2.05, 4.69) is 27.6 Å². The molecule has 0 unspecified atom stereocenters. The molecular weight excluding hydrogens is 546 g/mol. The number of ether oxygens (including phenoxy) is 2. The highest BCUT2D eigenvalue weighted by Crippen LogP contribution is 2.35. The third-order valence-electron chi connectivity index (χ3n) is 5.40. The van der Waals surface area contributed by atoms with Gasteiger partial charge in [-0.05, 0) is 64.0 Å². The molecule has 0 saturated carbocycles. The number of hydrogen-bond donors (Lipinski definition) is 0. The van der Waals surface area contributed by atoms with E-state index < -0.39 is 0 Å². The molecule has 36 heavy (non-hydrogen) atoms. The molecule has 0 saturated heterocycles. The highest BCUT2D eigenvalue weighted by molar-refractivity contribution is 9.10. The molecule has 0 aliphatic carbocycles. The van der Waals surface area contributed by atoms with E-state index in [0.717, 1.165) is 5.39 Å². The summed E-state index contributed by atoms with van der Waals surface area (Å²) in [6.07, 6.45) is 3.16. The molecule has 7 nitrogen and oxygen atoms in total. The van der Waals surface area contributed by atoms with E-state index in [1.807, 2.05) is 24.3 Å². The molecule has 0 bridgehead atoms. The fourth-order valence-electron chi connectivity index (χ4n) is 3.77. The first kappa shape index (κ1) is 23.8. The molecule has 0 spiro atoms. The van der Waals surface area contributed by atoms with Crippen molar-refractivity contribution in [3.63, 3.8) is 0 Å². The third kappa shape index (κ3) is 4.41. The molecule has 3 aromatic carbocycles. The van der Waals surface area contributed by atoms with Gasteiger partial charge in [-0.25, -0.2) is 4.98 Å². The molecule has 5 aromatic rings. The van der Waals surface area contributed by atoms with Crippen LogP contribution in [0.5, 0.6) is 11.5 Å². The maximum absolute atomic E-state index is 13.5. The van der Waals surface area contributed by atoms with Gasteiger partial charge in [0.15, 0.2) is 11.5 Å². The Morgan fingerprint density at radius 2 is 2.00 bits per heavy atom. The molecule has 0 amide bonds. The number of rotatable bonds is 7. The van der Waals surface area contributed by atoms with Crippen molar-refractivity contribution >= 4 is 55.6 Å². The maximum atomic E-state index is 13.5. The zero-order valence-corrected chi connectivity index (χ0v) is 21.4. The second-order valence-electron chi connectivity index (χ2n) is 7.71. The van der Waals surface area contributed by atoms with Crippen LogP contribution in [0.2, 0.25) is 5.02 Å². The van der Waals surface area contributed by atoms with E-state index in [1.165, 1.54) is 10.9 Å². The van der Waals surface area contributed by atoms with Crippen LogP contribution < -0.4 is 15.0 Å². The summed E-state index contributed by atoms with van der Waals surface area (Å²) in [4.78, 5) is 18.2. The van der Waals surface area contributed by atoms with Gasteiger partial charge in [-0.3, -0.25) is 4.79 Å². The lowest BCUT2D eigenvalue weighted by Gasteiger charge is -2.10. The van der Waals surface area contributed by atoms with E-state index in [1.54, 1.807) is 49.6 Å². The number of benzene rings is 3. The first-order valence-electron chi connectivity index (χ1n) is 10.9. The molecule has 0 radical (unpaired) electrons. The number of furan rings is 1. The van der Waals surface area contributed by atoms with Gasteiger partial charge in [0.1, 0.15) is 17.9 Å². The molecule has 0 atom stereocenters. The van der Waals surface area contributed by atoms with Crippen molar-refractivity contribution in [2.45, 2.75) is 0 Å². The second-order valence-corrected chi connectivity index (χ2v) is 8.97. The topological polar surface area (TPSA) is 78.8 Å². The van der Waals surface area contributed by atoms with Gasteiger partial charge in [0.05, 0.1) is 39.1 Å². The van der Waals surface area contributed by atoms with Crippen LogP contribution in [0.3, 0.4) is 0 Å². The Bertz CT molecular complexity index is 1680. The molecule has 0 aliphatic heterocycles. The Hall–Kier alpha value is -3.88. The van der Waals surface area contributed by atoms with Gasteiger partial charge in [-0.1, -0.05) is 42.5 Å². The number of aromatic nitrogens is 2. The summed E-state index contributed by atoms with van der Waals surface area (Å²) in [7, 11) is 1.59. The monoisotopic (exact) mass is 563 g/mol. The lowest BCUT2D eigenvalue weighted by atomic mass is 10.2. The SMILES string of the molecule is C=CCOc1c(Cl)cc(C=Nn2c(-c3cc4c(OC)cccc4o3)nc3ccccc3c2=O)cc1Br. The first-order valence-corrected chi connectivity index (χ1v) is 12.0. The molecule has 5 rings (SSSR count). The van der Waals surface area contributed by atoms with Crippen LogP contribution >= 0.6 is 27.5 Å². The fraction of sp³-hybridized carbons (Fsp3) is 0.0741. The molecule has 2 aromatic heterocycles. The fourth-order valence-corrected chi connectivity index (χ4v) is 4.76. The van der Waals surface area contributed by atoms with Gasteiger partial charge < -0.3 is 13.9 Å². The van der Waals surface area contributed by atoms with Crippen molar-refractivity contribution in [3.05, 3.63) is 98.7 Å². The summed E-state index contributed by atoms with van der Waals surface area (Å²) in [5.41, 5.74) is 1.45. The first-order chi connectivity index (χ1) is 17.5. The summed E-state index contributed by atoms with van der Waals surface area (Å²) in [5, 5.41) is 6.06. The minimum atomic E-state index is -0.338. The minimum Gasteiger partial charge on any atom is -0.496 e. The molecule has 0 aliphatic rings. The lowest BCUT2D eigenvalue weighted by Crippen LogP contribution is -2.20. The Balaban J connectivity index is 1.66. The summed E-state index contributed by atoms with van der Waals surface area (Å²) in [6, 6.07) is 17.9. The molecular formula is C27H19BrClN3O4. The standard InChI is InChI=1S/C27H19BrClN3O4/c1-3-11-35-25-19(28)12-16(13-20(25)29)15-30-32-26(31-21-8-5-4-7-17(21)27(32)33)24-14-18-22(34-2)9-6-10-23(18)36-24/h3-10,12-15H,1,11H2,2H3. The van der Waals surface area contributed by atoms with E-state index in [0.29, 0.717) is 55.4 Å². The summed E-state index contributed by atoms with van der Waals surface area (Å²) >= 11 is 9.88. The van der Waals surface area contributed by atoms with Crippen LogP contribution in [0.4, 0.5) is 0 Å². The number of nitrogens with zero attached hydrogens (tertiary/aromatic N) is 3. The average molecular weight is 565 g/mol. The Morgan fingerprint density at radius 3 is 2.78 bits per heavy atom. The Kier molecular flexibility index (Phi) is 6.63. The van der Waals surface area contributed by atoms with Crippen molar-refractivity contribution < 1.29 is 13.9 Å². The number of para-hydroxylation sites is 1. The van der Waals surface area contributed by atoms with Crippen LogP contribution in [-0.4, -0.2) is 29.6 Å². The van der Waals surface area contributed by atoms with Crippen molar-refractivity contribution in [1.29, 1.82) is 0 Å². The van der Waals surface area contributed by atoms with Crippen LogP contribution in [-0.2, 0) is 0 Å². The number of hydrogen-bond acceptors (Lipinski definition) is 6. The number of fused-ring (bicyclic) bond motifs is 2. The van der Waals surface area contributed by atoms with Gasteiger partial charge in [-0.15, -0.1) is 0 Å². The van der Waals surface area contributed by atoms with Crippen LogP contribution in [0.15, 0.2) is 92.1 Å². The minimum absolute atomic E-state index is 0.254. The number of halogens is 2. The van der Waals surface area contributed by atoms with E-state index in [4.69, 9.17) is 30.5 Å². The quantitative estimate of drug-likeness (QED) is 0.163. The molecule has 0 fully saturated rings. The molecule has 2 heterocycles. The van der Waals surface area contributed by atoms with Gasteiger partial charge in [0, 0.05) is 0 Å². The molecule has 9 heteroatoms. The Morgan fingerprint density at radius 1 is 1.17 bits per heavy atom. The third-order valence-corrected chi connectivity index (χ3v) is 6.27. The van der Waals surface area contributed by atoms with E-state index >= 15 is 0 Å². The predicted molar refractivity (Wildman–Crippen MR) is 146 cm³/mol. The van der Waals surface area contributed by atoms with Gasteiger partial charge in [-0.2, -0.15) is 9.78 Å². The van der Waals surface area contributed by atoms with Crippen molar-refractivity contribution in [1.82, 2.24) is 9.66 Å². The highest BCUT2D eigenvalue weighted by atomic mass is 79.9. The average Bonchev–Trinajstić information content (AvgIpc) is 3.32. The van der Waals surface area contributed by atoms with Gasteiger partial charge >= 0.3 is 0 Å². The van der Waals surface area contributed by atoms with Crippen LogP contribution in [0.1, 0.15) is 5.56 Å². The molecule has 180 valence electrons. The highest BCUT2D eigenvalue weighted by Gasteiger charge is 2.18. The van der Waals surface area contributed by atoms with Crippen molar-refractivity contribution in [2.75, 3.05) is 13.7 Å². The molecule has 0 N–H and O–H groups in total. The zero-order chi connectivity index (χ0) is 25.2. The van der Waals surface area contributed by atoms with E-state index in [9.17, 15) is 4.79 Å². The Labute approximate surface area is 219 Å². The summed E-state index contributed by atoms with van der Waals surface area (Å²) < 4.78 is 19.0. The number of methoxy groups -OCH3 is 1. The second kappa shape index (κ2) is 10.0. The van der Waals surface area contributed by atoms with Crippen LogP contribution in [0, 0.1) is 0 Å². The van der Waals surface area contributed by atoms with E-state index in [-0.39, 0.29) is 11.4 Å². The van der Waals surface area contributed by atoms with Crippen LogP contribution in [0.25, 0.3) is 33.5 Å².